The lowest BCUT2D eigenvalue weighted by Crippen LogP contribution is -2.37. The first-order valence-electron chi connectivity index (χ1n) is 8.04. The molecule has 0 aliphatic heterocycles. The number of ether oxygens (including phenoxy) is 1. The van der Waals surface area contributed by atoms with Gasteiger partial charge in [0.25, 0.3) is 0 Å². The van der Waals surface area contributed by atoms with Gasteiger partial charge in [0.2, 0.25) is 0 Å². The van der Waals surface area contributed by atoms with E-state index < -0.39 is 5.97 Å². The van der Waals surface area contributed by atoms with E-state index in [0.29, 0.717) is 35.1 Å². The van der Waals surface area contributed by atoms with Crippen molar-refractivity contribution in [3.05, 3.63) is 22.5 Å². The first-order chi connectivity index (χ1) is 10.5. The van der Waals surface area contributed by atoms with E-state index in [9.17, 15) is 9.59 Å². The summed E-state index contributed by atoms with van der Waals surface area (Å²) >= 11 is 0. The van der Waals surface area contributed by atoms with Gasteiger partial charge >= 0.3 is 5.97 Å². The van der Waals surface area contributed by atoms with Crippen LogP contribution in [0.1, 0.15) is 64.7 Å². The predicted octanol–water partition coefficient (Wildman–Crippen LogP) is 2.87. The van der Waals surface area contributed by atoms with Crippen LogP contribution in [0, 0.1) is 13.8 Å². The van der Waals surface area contributed by atoms with Crippen LogP contribution in [0.3, 0.4) is 0 Å². The molecular weight excluding hydrogens is 280 g/mol. The maximum atomic E-state index is 12.6. The fourth-order valence-electron chi connectivity index (χ4n) is 3.47. The lowest BCUT2D eigenvalue weighted by Gasteiger charge is -2.26. The Bertz CT molecular complexity index is 556. The van der Waals surface area contributed by atoms with Gasteiger partial charge in [-0.2, -0.15) is 0 Å². The van der Waals surface area contributed by atoms with E-state index in [-0.39, 0.29) is 5.78 Å². The lowest BCUT2D eigenvalue weighted by molar-refractivity contribution is 0.0599. The molecule has 0 atom stereocenters. The summed E-state index contributed by atoms with van der Waals surface area (Å²) in [6.45, 7) is 6.97. The van der Waals surface area contributed by atoms with E-state index in [0.717, 1.165) is 6.54 Å². The number of carbonyl (C=O) groups excluding carboxylic acids is 2. The fourth-order valence-corrected chi connectivity index (χ4v) is 3.47. The van der Waals surface area contributed by atoms with E-state index in [4.69, 9.17) is 4.74 Å². The average molecular weight is 306 g/mol. The van der Waals surface area contributed by atoms with Crippen molar-refractivity contribution in [3.63, 3.8) is 0 Å². The van der Waals surface area contributed by atoms with Crippen LogP contribution < -0.4 is 0 Å². The number of Topliss-reactive ketones (excluding diaryl/α,β-unsaturated/α-hetero) is 1. The van der Waals surface area contributed by atoms with E-state index in [1.165, 1.54) is 32.8 Å². The Hall–Kier alpha value is -1.62. The summed E-state index contributed by atoms with van der Waals surface area (Å²) in [6.07, 6.45) is 4.86. The molecule has 0 radical (unpaired) electrons. The number of methoxy groups -OCH3 is 1. The highest BCUT2D eigenvalue weighted by Gasteiger charge is 2.27. The van der Waals surface area contributed by atoms with Gasteiger partial charge in [0, 0.05) is 11.7 Å². The first kappa shape index (κ1) is 16.7. The number of aryl methyl sites for hydroxylation is 1. The van der Waals surface area contributed by atoms with Crippen LogP contribution in [0.25, 0.3) is 0 Å². The molecule has 122 valence electrons. The van der Waals surface area contributed by atoms with E-state index >= 15 is 0 Å². The summed E-state index contributed by atoms with van der Waals surface area (Å²) in [6, 6.07) is 0.519. The molecule has 1 N–H and O–H groups in total. The minimum atomic E-state index is -0.395. The number of aromatic amines is 1. The summed E-state index contributed by atoms with van der Waals surface area (Å²) in [7, 11) is 1.36. The second-order valence-corrected chi connectivity index (χ2v) is 6.04. The van der Waals surface area contributed by atoms with E-state index in [1.54, 1.807) is 13.8 Å². The summed E-state index contributed by atoms with van der Waals surface area (Å²) in [5.41, 5.74) is 2.40. The first-order valence-corrected chi connectivity index (χ1v) is 8.04. The topological polar surface area (TPSA) is 62.4 Å². The number of rotatable bonds is 6. The molecule has 0 spiro atoms. The third kappa shape index (κ3) is 3.24. The molecule has 5 heteroatoms. The molecule has 5 nitrogen and oxygen atoms in total. The second kappa shape index (κ2) is 7.09. The van der Waals surface area contributed by atoms with Crippen molar-refractivity contribution < 1.29 is 14.3 Å². The third-order valence-corrected chi connectivity index (χ3v) is 4.70. The number of ketones is 1. The zero-order valence-corrected chi connectivity index (χ0v) is 14.0. The van der Waals surface area contributed by atoms with Crippen molar-refractivity contribution in [2.24, 2.45) is 0 Å². The molecule has 1 aromatic heterocycles. The third-order valence-electron chi connectivity index (χ3n) is 4.70. The van der Waals surface area contributed by atoms with Crippen LogP contribution in [0.4, 0.5) is 0 Å². The summed E-state index contributed by atoms with van der Waals surface area (Å²) < 4.78 is 4.79. The molecule has 1 aromatic rings. The van der Waals surface area contributed by atoms with Gasteiger partial charge in [0.05, 0.1) is 24.9 Å². The normalized spacial score (nSPS) is 15.5. The van der Waals surface area contributed by atoms with Gasteiger partial charge in [-0.1, -0.05) is 19.8 Å². The number of esters is 1. The van der Waals surface area contributed by atoms with Crippen molar-refractivity contribution in [2.45, 2.75) is 52.5 Å². The molecule has 1 heterocycles. The van der Waals surface area contributed by atoms with Crippen molar-refractivity contribution in [1.29, 1.82) is 0 Å². The Morgan fingerprint density at radius 3 is 2.45 bits per heavy atom. The number of nitrogens with one attached hydrogen (secondary N) is 1. The molecule has 0 bridgehead atoms. The number of carbonyl (C=O) groups is 2. The standard InChI is InChI=1S/C17H26N2O3/c1-5-19(13-8-6-7-9-13)10-14(20)16-11(2)15(12(3)18-16)17(21)22-4/h13,18H,5-10H2,1-4H3. The molecule has 1 aliphatic carbocycles. The molecular formula is C17H26N2O3. The largest absolute Gasteiger partial charge is 0.465 e. The summed E-state index contributed by atoms with van der Waals surface area (Å²) in [4.78, 5) is 29.8. The molecule has 0 unspecified atom stereocenters. The summed E-state index contributed by atoms with van der Waals surface area (Å²) in [5, 5.41) is 0. The van der Waals surface area contributed by atoms with E-state index in [1.807, 2.05) is 0 Å². The zero-order valence-electron chi connectivity index (χ0n) is 14.0. The van der Waals surface area contributed by atoms with Gasteiger partial charge in [-0.25, -0.2) is 4.79 Å². The van der Waals surface area contributed by atoms with Gasteiger partial charge in [0.1, 0.15) is 0 Å². The maximum absolute atomic E-state index is 12.6. The minimum Gasteiger partial charge on any atom is -0.465 e. The average Bonchev–Trinajstić information content (AvgIpc) is 3.12. The fraction of sp³-hybridized carbons (Fsp3) is 0.647. The minimum absolute atomic E-state index is 0.0458. The molecule has 1 fully saturated rings. The number of H-pyrrole nitrogens is 1. The van der Waals surface area contributed by atoms with Gasteiger partial charge in [-0.3, -0.25) is 9.69 Å². The number of aromatic nitrogens is 1. The van der Waals surface area contributed by atoms with E-state index in [2.05, 4.69) is 16.8 Å². The van der Waals surface area contributed by atoms with Crippen LogP contribution in [-0.2, 0) is 4.74 Å². The number of hydrogen-bond donors (Lipinski definition) is 1. The van der Waals surface area contributed by atoms with Crippen molar-refractivity contribution in [3.8, 4) is 0 Å². The number of likely N-dealkylation sites (N-methyl/N-ethyl adjacent to an activating group) is 1. The maximum Gasteiger partial charge on any atom is 0.339 e. The highest BCUT2D eigenvalue weighted by molar-refractivity contribution is 6.02. The molecule has 0 amide bonds. The van der Waals surface area contributed by atoms with Gasteiger partial charge < -0.3 is 9.72 Å². The Morgan fingerprint density at radius 1 is 1.27 bits per heavy atom. The SMILES string of the molecule is CCN(CC(=O)c1[nH]c(C)c(C(=O)OC)c1C)C1CCCC1. The monoisotopic (exact) mass is 306 g/mol. The molecule has 0 aromatic carbocycles. The Balaban J connectivity index is 2.17. The van der Waals surface area contributed by atoms with Crippen molar-refractivity contribution >= 4 is 11.8 Å². The predicted molar refractivity (Wildman–Crippen MR) is 85.4 cm³/mol. The van der Waals surface area contributed by atoms with Crippen LogP contribution in [-0.4, -0.2) is 47.9 Å². The van der Waals surface area contributed by atoms with Gasteiger partial charge in [0.15, 0.2) is 5.78 Å². The zero-order chi connectivity index (χ0) is 16.3. The van der Waals surface area contributed by atoms with Crippen LogP contribution in [0.2, 0.25) is 0 Å². The molecule has 0 saturated heterocycles. The highest BCUT2D eigenvalue weighted by atomic mass is 16.5. The summed E-state index contributed by atoms with van der Waals surface area (Å²) in [5.74, 6) is -0.349. The molecule has 2 rings (SSSR count). The highest BCUT2D eigenvalue weighted by Crippen LogP contribution is 2.24. The lowest BCUT2D eigenvalue weighted by atomic mass is 10.1. The second-order valence-electron chi connectivity index (χ2n) is 6.04. The Labute approximate surface area is 132 Å². The molecule has 1 aliphatic rings. The van der Waals surface area contributed by atoms with Crippen LogP contribution >= 0.6 is 0 Å². The van der Waals surface area contributed by atoms with Crippen molar-refractivity contribution in [1.82, 2.24) is 9.88 Å². The molecule has 1 saturated carbocycles. The Morgan fingerprint density at radius 2 is 1.91 bits per heavy atom. The van der Waals surface area contributed by atoms with Crippen LogP contribution in [0.5, 0.6) is 0 Å². The smallest absolute Gasteiger partial charge is 0.339 e. The van der Waals surface area contributed by atoms with Gasteiger partial charge in [-0.15, -0.1) is 0 Å². The van der Waals surface area contributed by atoms with Gasteiger partial charge in [-0.05, 0) is 38.8 Å². The van der Waals surface area contributed by atoms with Crippen molar-refractivity contribution in [2.75, 3.05) is 20.2 Å². The Kier molecular flexibility index (Phi) is 5.40. The quantitative estimate of drug-likeness (QED) is 0.648. The molecule has 22 heavy (non-hydrogen) atoms. The number of hydrogen-bond acceptors (Lipinski definition) is 4. The van der Waals surface area contributed by atoms with Crippen LogP contribution in [0.15, 0.2) is 0 Å². The number of nitrogens with zero attached hydrogens (tertiary/aromatic N) is 1.